The number of carbonyl (C=O) groups excluding carboxylic acids is 1. The standard InChI is InChI=1S/C15H18N2O2S/c1-9-5-10(2)14(11(3)6-9)12-8-20-15(16-12)17-13(18)7-19-4/h5-6,8H,7H2,1-4H3,(H,16,17,18). The number of amides is 1. The van der Waals surface area contributed by atoms with Crippen LogP contribution in [0.3, 0.4) is 0 Å². The number of hydrogen-bond acceptors (Lipinski definition) is 4. The molecule has 5 heteroatoms. The summed E-state index contributed by atoms with van der Waals surface area (Å²) in [4.78, 5) is 16.0. The number of nitrogens with one attached hydrogen (secondary N) is 1. The van der Waals surface area contributed by atoms with E-state index >= 15 is 0 Å². The Morgan fingerprint density at radius 3 is 2.55 bits per heavy atom. The van der Waals surface area contributed by atoms with E-state index in [-0.39, 0.29) is 12.5 Å². The monoisotopic (exact) mass is 290 g/mol. The second-order valence-corrected chi connectivity index (χ2v) is 5.65. The third-order valence-electron chi connectivity index (χ3n) is 2.96. The second-order valence-electron chi connectivity index (χ2n) is 4.79. The molecule has 1 N–H and O–H groups in total. The SMILES string of the molecule is COCC(=O)Nc1nc(-c2c(C)cc(C)cc2C)cs1. The lowest BCUT2D eigenvalue weighted by Crippen LogP contribution is -2.16. The molecule has 0 unspecified atom stereocenters. The highest BCUT2D eigenvalue weighted by atomic mass is 32.1. The van der Waals surface area contributed by atoms with Crippen molar-refractivity contribution in [1.29, 1.82) is 0 Å². The molecule has 106 valence electrons. The summed E-state index contributed by atoms with van der Waals surface area (Å²) < 4.78 is 4.78. The van der Waals surface area contributed by atoms with Crippen molar-refractivity contribution < 1.29 is 9.53 Å². The van der Waals surface area contributed by atoms with Crippen molar-refractivity contribution in [3.8, 4) is 11.3 Å². The zero-order valence-electron chi connectivity index (χ0n) is 12.1. The molecular weight excluding hydrogens is 272 g/mol. The van der Waals surface area contributed by atoms with Gasteiger partial charge in [-0.25, -0.2) is 4.98 Å². The van der Waals surface area contributed by atoms with Gasteiger partial charge in [0.25, 0.3) is 5.91 Å². The molecule has 4 nitrogen and oxygen atoms in total. The Morgan fingerprint density at radius 2 is 1.95 bits per heavy atom. The number of hydrogen-bond donors (Lipinski definition) is 1. The Balaban J connectivity index is 2.27. The number of aryl methyl sites for hydroxylation is 3. The van der Waals surface area contributed by atoms with Crippen LogP contribution in [0.4, 0.5) is 5.13 Å². The fourth-order valence-electron chi connectivity index (χ4n) is 2.32. The van der Waals surface area contributed by atoms with Crippen molar-refractivity contribution in [3.63, 3.8) is 0 Å². The number of anilines is 1. The predicted molar refractivity (Wildman–Crippen MR) is 82.3 cm³/mol. The summed E-state index contributed by atoms with van der Waals surface area (Å²) >= 11 is 1.42. The minimum atomic E-state index is -0.189. The number of methoxy groups -OCH3 is 1. The summed E-state index contributed by atoms with van der Waals surface area (Å²) in [5, 5.41) is 5.29. The number of ether oxygens (including phenoxy) is 1. The van der Waals surface area contributed by atoms with Crippen LogP contribution in [0.2, 0.25) is 0 Å². The molecule has 0 spiro atoms. The number of aromatic nitrogens is 1. The molecule has 1 aromatic carbocycles. The van der Waals surface area contributed by atoms with Crippen molar-refractivity contribution in [2.75, 3.05) is 19.0 Å². The molecule has 0 radical (unpaired) electrons. The number of rotatable bonds is 4. The van der Waals surface area contributed by atoms with E-state index in [0.717, 1.165) is 11.3 Å². The maximum atomic E-state index is 11.5. The van der Waals surface area contributed by atoms with Crippen LogP contribution < -0.4 is 5.32 Å². The van der Waals surface area contributed by atoms with E-state index in [9.17, 15) is 4.79 Å². The average Bonchev–Trinajstić information content (AvgIpc) is 2.76. The summed E-state index contributed by atoms with van der Waals surface area (Å²) in [7, 11) is 1.49. The highest BCUT2D eigenvalue weighted by molar-refractivity contribution is 7.14. The molecule has 2 rings (SSSR count). The summed E-state index contributed by atoms with van der Waals surface area (Å²) in [6, 6.07) is 4.29. The highest BCUT2D eigenvalue weighted by Crippen LogP contribution is 2.30. The molecule has 2 aromatic rings. The van der Waals surface area contributed by atoms with Gasteiger partial charge in [0.15, 0.2) is 5.13 Å². The van der Waals surface area contributed by atoms with Gasteiger partial charge >= 0.3 is 0 Å². The first kappa shape index (κ1) is 14.7. The molecule has 1 aromatic heterocycles. The molecule has 0 aliphatic rings. The van der Waals surface area contributed by atoms with Gasteiger partial charge in [0.05, 0.1) is 5.69 Å². The molecule has 0 saturated carbocycles. The number of nitrogens with zero attached hydrogens (tertiary/aromatic N) is 1. The van der Waals surface area contributed by atoms with Crippen LogP contribution in [-0.4, -0.2) is 24.6 Å². The van der Waals surface area contributed by atoms with Crippen molar-refractivity contribution in [1.82, 2.24) is 4.98 Å². The van der Waals surface area contributed by atoms with Gasteiger partial charge in [-0.05, 0) is 31.9 Å². The van der Waals surface area contributed by atoms with Crippen molar-refractivity contribution in [2.24, 2.45) is 0 Å². The second kappa shape index (κ2) is 6.15. The summed E-state index contributed by atoms with van der Waals surface area (Å²) in [6.45, 7) is 6.29. The van der Waals surface area contributed by atoms with Crippen LogP contribution in [0.15, 0.2) is 17.5 Å². The van der Waals surface area contributed by atoms with Crippen molar-refractivity contribution >= 4 is 22.4 Å². The van der Waals surface area contributed by atoms with E-state index in [0.29, 0.717) is 5.13 Å². The number of carbonyl (C=O) groups is 1. The minimum absolute atomic E-state index is 0.0392. The summed E-state index contributed by atoms with van der Waals surface area (Å²) in [5.74, 6) is -0.189. The molecular formula is C15H18N2O2S. The third kappa shape index (κ3) is 3.23. The van der Waals surface area contributed by atoms with Crippen LogP contribution in [0.1, 0.15) is 16.7 Å². The van der Waals surface area contributed by atoms with Crippen LogP contribution in [-0.2, 0) is 9.53 Å². The fourth-order valence-corrected chi connectivity index (χ4v) is 3.03. The van der Waals surface area contributed by atoms with Crippen LogP contribution in [0.25, 0.3) is 11.3 Å². The van der Waals surface area contributed by atoms with E-state index in [2.05, 4.69) is 43.2 Å². The van der Waals surface area contributed by atoms with Crippen LogP contribution >= 0.6 is 11.3 Å². The van der Waals surface area contributed by atoms with Gasteiger partial charge in [-0.3, -0.25) is 10.1 Å². The molecule has 0 saturated heterocycles. The van der Waals surface area contributed by atoms with E-state index in [4.69, 9.17) is 4.74 Å². The third-order valence-corrected chi connectivity index (χ3v) is 3.72. The van der Waals surface area contributed by atoms with Gasteiger partial charge < -0.3 is 4.74 Å². The Labute approximate surface area is 122 Å². The van der Waals surface area contributed by atoms with Gasteiger partial charge in [0, 0.05) is 18.1 Å². The smallest absolute Gasteiger partial charge is 0.252 e. The van der Waals surface area contributed by atoms with E-state index in [1.165, 1.54) is 35.1 Å². The van der Waals surface area contributed by atoms with E-state index in [1.54, 1.807) is 0 Å². The first-order chi connectivity index (χ1) is 9.51. The van der Waals surface area contributed by atoms with Gasteiger partial charge in [-0.1, -0.05) is 17.7 Å². The van der Waals surface area contributed by atoms with Gasteiger partial charge in [-0.2, -0.15) is 0 Å². The first-order valence-electron chi connectivity index (χ1n) is 6.34. The Bertz CT molecular complexity index is 612. The fraction of sp³-hybridized carbons (Fsp3) is 0.333. The Morgan fingerprint density at radius 1 is 1.30 bits per heavy atom. The van der Waals surface area contributed by atoms with Gasteiger partial charge in [0.1, 0.15) is 6.61 Å². The quantitative estimate of drug-likeness (QED) is 0.939. The maximum absolute atomic E-state index is 11.5. The van der Waals surface area contributed by atoms with E-state index in [1.807, 2.05) is 5.38 Å². The molecule has 20 heavy (non-hydrogen) atoms. The lowest BCUT2D eigenvalue weighted by molar-refractivity contribution is -0.119. The zero-order chi connectivity index (χ0) is 14.7. The number of benzene rings is 1. The topological polar surface area (TPSA) is 51.2 Å². The number of thiazole rings is 1. The molecule has 0 aliphatic heterocycles. The van der Waals surface area contributed by atoms with Gasteiger partial charge in [-0.15, -0.1) is 11.3 Å². The molecule has 0 bridgehead atoms. The molecule has 0 fully saturated rings. The lowest BCUT2D eigenvalue weighted by atomic mass is 9.98. The molecule has 0 atom stereocenters. The first-order valence-corrected chi connectivity index (χ1v) is 7.21. The van der Waals surface area contributed by atoms with Gasteiger partial charge in [0.2, 0.25) is 0 Å². The molecule has 1 amide bonds. The van der Waals surface area contributed by atoms with Crippen molar-refractivity contribution in [3.05, 3.63) is 34.2 Å². The highest BCUT2D eigenvalue weighted by Gasteiger charge is 2.12. The van der Waals surface area contributed by atoms with Crippen LogP contribution in [0, 0.1) is 20.8 Å². The maximum Gasteiger partial charge on any atom is 0.252 e. The average molecular weight is 290 g/mol. The van der Waals surface area contributed by atoms with Crippen molar-refractivity contribution in [2.45, 2.75) is 20.8 Å². The molecule has 1 heterocycles. The lowest BCUT2D eigenvalue weighted by Gasteiger charge is -2.08. The van der Waals surface area contributed by atoms with Crippen LogP contribution in [0.5, 0.6) is 0 Å². The summed E-state index contributed by atoms with van der Waals surface area (Å²) in [5.41, 5.74) is 5.68. The zero-order valence-corrected chi connectivity index (χ0v) is 12.9. The Hall–Kier alpha value is -1.72. The largest absolute Gasteiger partial charge is 0.375 e. The minimum Gasteiger partial charge on any atom is -0.375 e. The van der Waals surface area contributed by atoms with E-state index < -0.39 is 0 Å². The normalized spacial score (nSPS) is 10.6. The Kier molecular flexibility index (Phi) is 4.52. The predicted octanol–water partition coefficient (Wildman–Crippen LogP) is 3.32. The molecule has 0 aliphatic carbocycles. The summed E-state index contributed by atoms with van der Waals surface area (Å²) in [6.07, 6.45) is 0.